The van der Waals surface area contributed by atoms with Crippen molar-refractivity contribution in [2.75, 3.05) is 4.90 Å². The second kappa shape index (κ2) is 7.43. The maximum absolute atomic E-state index is 13.2. The summed E-state index contributed by atoms with van der Waals surface area (Å²) in [7, 11) is 0. The molecule has 1 atom stereocenters. The van der Waals surface area contributed by atoms with Crippen molar-refractivity contribution >= 4 is 29.0 Å². The topological polar surface area (TPSA) is 57.6 Å². The smallest absolute Gasteiger partial charge is 0.264 e. The van der Waals surface area contributed by atoms with Crippen LogP contribution in [0.3, 0.4) is 0 Å². The maximum Gasteiger partial charge on any atom is 0.264 e. The fourth-order valence-electron chi connectivity index (χ4n) is 3.59. The average molecular weight is 410 g/mol. The fraction of sp³-hybridized carbons (Fsp3) is 0.130. The first-order valence-electron chi connectivity index (χ1n) is 9.05. The second-order valence-corrected chi connectivity index (χ2v) is 7.44. The van der Waals surface area contributed by atoms with Gasteiger partial charge in [-0.2, -0.15) is 0 Å². The quantitative estimate of drug-likeness (QED) is 0.632. The van der Waals surface area contributed by atoms with E-state index in [1.807, 2.05) is 30.3 Å². The predicted molar refractivity (Wildman–Crippen MR) is 108 cm³/mol. The first-order valence-corrected chi connectivity index (χ1v) is 9.43. The van der Waals surface area contributed by atoms with Crippen molar-refractivity contribution in [3.63, 3.8) is 0 Å². The van der Waals surface area contributed by atoms with Crippen molar-refractivity contribution in [3.05, 3.63) is 100 Å². The van der Waals surface area contributed by atoms with E-state index in [0.29, 0.717) is 16.3 Å². The number of Topliss-reactive ketones (excluding diaryl/α,β-unsaturated/α-hetero) is 1. The Kier molecular flexibility index (Phi) is 4.94. The molecule has 0 saturated heterocycles. The number of fused-ring (bicyclic) bond motifs is 1. The molecule has 0 aliphatic carbocycles. The molecule has 6 heteroatoms. The Morgan fingerprint density at radius 2 is 1.72 bits per heavy atom. The lowest BCUT2D eigenvalue weighted by atomic mass is 9.88. The average Bonchev–Trinajstić information content (AvgIpc) is 2.91. The number of aliphatic hydroxyl groups is 1. The Morgan fingerprint density at radius 1 is 1.03 bits per heavy atom. The molecule has 0 bridgehead atoms. The molecular formula is C23H17ClFNO3. The number of hydrogen-bond acceptors (Lipinski definition) is 3. The third kappa shape index (κ3) is 3.55. The van der Waals surface area contributed by atoms with Crippen LogP contribution in [-0.4, -0.2) is 16.8 Å². The first kappa shape index (κ1) is 19.3. The minimum Gasteiger partial charge on any atom is -0.375 e. The molecule has 1 N–H and O–H groups in total. The standard InChI is InChI=1S/C23H17ClFNO3/c24-17-8-11-20-19(12-17)23(29,13-21(27)16-6-9-18(25)10-7-16)22(28)26(20)14-15-4-2-1-3-5-15/h1-12,29H,13-14H2/t23-/m0/s1. The van der Waals surface area contributed by atoms with Gasteiger partial charge in [0.15, 0.2) is 11.4 Å². The van der Waals surface area contributed by atoms with Crippen molar-refractivity contribution < 1.29 is 19.1 Å². The molecule has 0 radical (unpaired) electrons. The molecule has 146 valence electrons. The van der Waals surface area contributed by atoms with Gasteiger partial charge in [0.2, 0.25) is 0 Å². The zero-order valence-corrected chi connectivity index (χ0v) is 16.1. The van der Waals surface area contributed by atoms with E-state index in [-0.39, 0.29) is 12.1 Å². The van der Waals surface area contributed by atoms with E-state index >= 15 is 0 Å². The van der Waals surface area contributed by atoms with Gasteiger partial charge in [-0.1, -0.05) is 41.9 Å². The van der Waals surface area contributed by atoms with Crippen LogP contribution in [0.2, 0.25) is 5.02 Å². The van der Waals surface area contributed by atoms with E-state index in [0.717, 1.165) is 5.56 Å². The summed E-state index contributed by atoms with van der Waals surface area (Å²) in [4.78, 5) is 27.4. The molecule has 3 aromatic carbocycles. The Balaban J connectivity index is 1.71. The van der Waals surface area contributed by atoms with Crippen LogP contribution in [0.15, 0.2) is 72.8 Å². The number of halogens is 2. The molecule has 0 aromatic heterocycles. The van der Waals surface area contributed by atoms with Crippen molar-refractivity contribution in [3.8, 4) is 0 Å². The lowest BCUT2D eigenvalue weighted by molar-refractivity contribution is -0.136. The van der Waals surface area contributed by atoms with Crippen LogP contribution in [-0.2, 0) is 16.9 Å². The number of ketones is 1. The van der Waals surface area contributed by atoms with E-state index < -0.39 is 29.5 Å². The zero-order chi connectivity index (χ0) is 20.6. The normalized spacial score (nSPS) is 18.0. The third-order valence-electron chi connectivity index (χ3n) is 5.06. The van der Waals surface area contributed by atoms with Crippen molar-refractivity contribution in [2.45, 2.75) is 18.6 Å². The number of amides is 1. The van der Waals surface area contributed by atoms with Crippen LogP contribution in [0.5, 0.6) is 0 Å². The molecule has 0 fully saturated rings. The van der Waals surface area contributed by atoms with Crippen LogP contribution >= 0.6 is 11.6 Å². The Hall–Kier alpha value is -3.02. The summed E-state index contributed by atoms with van der Waals surface area (Å²) >= 11 is 6.11. The number of hydrogen-bond donors (Lipinski definition) is 1. The third-order valence-corrected chi connectivity index (χ3v) is 5.30. The Morgan fingerprint density at radius 3 is 2.41 bits per heavy atom. The van der Waals surface area contributed by atoms with E-state index in [4.69, 9.17) is 11.6 Å². The number of carbonyl (C=O) groups is 2. The van der Waals surface area contributed by atoms with Gasteiger partial charge in [-0.05, 0) is 48.0 Å². The summed E-state index contributed by atoms with van der Waals surface area (Å²) in [6, 6.07) is 19.2. The second-order valence-electron chi connectivity index (χ2n) is 7.01. The van der Waals surface area contributed by atoms with Crippen molar-refractivity contribution in [2.24, 2.45) is 0 Å². The molecule has 0 unspecified atom stereocenters. The van der Waals surface area contributed by atoms with Crippen LogP contribution in [0.4, 0.5) is 10.1 Å². The molecule has 1 amide bonds. The summed E-state index contributed by atoms with van der Waals surface area (Å²) in [5, 5.41) is 11.7. The molecule has 0 spiro atoms. The van der Waals surface area contributed by atoms with Crippen LogP contribution < -0.4 is 4.90 Å². The van der Waals surface area contributed by atoms with Crippen LogP contribution in [0, 0.1) is 5.82 Å². The summed E-state index contributed by atoms with van der Waals surface area (Å²) in [6.07, 6.45) is -0.462. The number of carbonyl (C=O) groups excluding carboxylic acids is 2. The van der Waals surface area contributed by atoms with E-state index in [2.05, 4.69) is 0 Å². The zero-order valence-electron chi connectivity index (χ0n) is 15.3. The predicted octanol–water partition coefficient (Wildman–Crippen LogP) is 4.49. The van der Waals surface area contributed by atoms with Gasteiger partial charge in [0.25, 0.3) is 5.91 Å². The molecule has 1 aliphatic rings. The SMILES string of the molecule is O=C(C[C@@]1(O)C(=O)N(Cc2ccccc2)c2ccc(Cl)cc21)c1ccc(F)cc1. The molecule has 1 heterocycles. The highest BCUT2D eigenvalue weighted by Gasteiger charge is 2.51. The largest absolute Gasteiger partial charge is 0.375 e. The van der Waals surface area contributed by atoms with Gasteiger partial charge in [-0.15, -0.1) is 0 Å². The van der Waals surface area contributed by atoms with Gasteiger partial charge in [-0.3, -0.25) is 9.59 Å². The van der Waals surface area contributed by atoms with Crippen LogP contribution in [0.25, 0.3) is 0 Å². The van der Waals surface area contributed by atoms with Gasteiger partial charge in [-0.25, -0.2) is 4.39 Å². The summed E-state index contributed by atoms with van der Waals surface area (Å²) in [5.41, 5.74) is -0.131. The summed E-state index contributed by atoms with van der Waals surface area (Å²) in [5.74, 6) is -1.52. The van der Waals surface area contributed by atoms with Gasteiger partial charge < -0.3 is 10.0 Å². The maximum atomic E-state index is 13.2. The molecule has 4 rings (SSSR count). The lowest BCUT2D eigenvalue weighted by Crippen LogP contribution is -2.41. The minimum atomic E-state index is -2.04. The first-order chi connectivity index (χ1) is 13.9. The van der Waals surface area contributed by atoms with Gasteiger partial charge in [0, 0.05) is 16.1 Å². The summed E-state index contributed by atoms with van der Waals surface area (Å²) < 4.78 is 13.2. The van der Waals surface area contributed by atoms with Crippen LogP contribution in [0.1, 0.15) is 27.9 Å². The number of anilines is 1. The van der Waals surface area contributed by atoms with Crippen molar-refractivity contribution in [1.82, 2.24) is 0 Å². The molecule has 0 saturated carbocycles. The lowest BCUT2D eigenvalue weighted by Gasteiger charge is -2.23. The van der Waals surface area contributed by atoms with E-state index in [1.54, 1.807) is 12.1 Å². The monoisotopic (exact) mass is 409 g/mol. The Bertz CT molecular complexity index is 1090. The van der Waals surface area contributed by atoms with E-state index in [1.165, 1.54) is 35.2 Å². The highest BCUT2D eigenvalue weighted by atomic mass is 35.5. The Labute approximate surface area is 172 Å². The molecular weight excluding hydrogens is 393 g/mol. The van der Waals surface area contributed by atoms with Gasteiger partial charge >= 0.3 is 0 Å². The van der Waals surface area contributed by atoms with Gasteiger partial charge in [0.05, 0.1) is 18.7 Å². The molecule has 29 heavy (non-hydrogen) atoms. The highest BCUT2D eigenvalue weighted by Crippen LogP contribution is 2.44. The minimum absolute atomic E-state index is 0.220. The molecule has 4 nitrogen and oxygen atoms in total. The fourth-order valence-corrected chi connectivity index (χ4v) is 3.76. The number of rotatable bonds is 5. The van der Waals surface area contributed by atoms with E-state index in [9.17, 15) is 19.1 Å². The molecule has 3 aromatic rings. The van der Waals surface area contributed by atoms with Gasteiger partial charge in [0.1, 0.15) is 5.82 Å². The number of benzene rings is 3. The summed E-state index contributed by atoms with van der Waals surface area (Å²) in [6.45, 7) is 0.251. The molecule has 1 aliphatic heterocycles. The number of nitrogens with zero attached hydrogens (tertiary/aromatic N) is 1. The van der Waals surface area contributed by atoms with Crippen molar-refractivity contribution in [1.29, 1.82) is 0 Å². The highest BCUT2D eigenvalue weighted by molar-refractivity contribution is 6.31.